The lowest BCUT2D eigenvalue weighted by Crippen LogP contribution is -2.31. The normalized spacial score (nSPS) is 12.8. The third-order valence-corrected chi connectivity index (χ3v) is 3.60. The van der Waals surface area contributed by atoms with E-state index in [1.807, 2.05) is 0 Å². The van der Waals surface area contributed by atoms with Crippen molar-refractivity contribution in [1.82, 2.24) is 5.32 Å². The number of carbonyl (C=O) groups excluding carboxylic acids is 1. The Morgan fingerprint density at radius 3 is 2.62 bits per heavy atom. The predicted octanol–water partition coefficient (Wildman–Crippen LogP) is 4.18. The van der Waals surface area contributed by atoms with E-state index in [9.17, 15) is 14.9 Å². The number of amides is 1. The van der Waals surface area contributed by atoms with E-state index in [2.05, 4.69) is 42.0 Å². The van der Waals surface area contributed by atoms with Crippen LogP contribution in [0.3, 0.4) is 0 Å². The molecular weight excluding hydrogens is 360 g/mol. The van der Waals surface area contributed by atoms with E-state index < -0.39 is 10.8 Å². The van der Waals surface area contributed by atoms with Gasteiger partial charge in [0.05, 0.1) is 4.92 Å². The fourth-order valence-electron chi connectivity index (χ4n) is 1.88. The minimum absolute atomic E-state index is 0.0250. The van der Waals surface area contributed by atoms with Crippen molar-refractivity contribution in [1.29, 1.82) is 0 Å². The molecule has 1 aromatic rings. The maximum absolute atomic E-state index is 12.1. The quantitative estimate of drug-likeness (QED) is 0.475. The Balaban J connectivity index is 2.76. The molecule has 0 radical (unpaired) electrons. The average Bonchev–Trinajstić information content (AvgIpc) is 2.33. The summed E-state index contributed by atoms with van der Waals surface area (Å²) in [5.41, 5.74) is -0.150. The summed E-state index contributed by atoms with van der Waals surface area (Å²) in [5.74, 6) is -0.498. The van der Waals surface area contributed by atoms with E-state index in [4.69, 9.17) is 11.6 Å². The first-order valence-corrected chi connectivity index (χ1v) is 7.76. The van der Waals surface area contributed by atoms with Crippen molar-refractivity contribution in [2.75, 3.05) is 6.54 Å². The Hall–Kier alpha value is -1.14. The number of nitro groups is 1. The van der Waals surface area contributed by atoms with Crippen LogP contribution >= 0.6 is 27.5 Å². The zero-order chi connectivity index (χ0) is 16.2. The van der Waals surface area contributed by atoms with Crippen LogP contribution in [0.15, 0.2) is 18.2 Å². The summed E-state index contributed by atoms with van der Waals surface area (Å²) in [6.45, 7) is 6.69. The van der Waals surface area contributed by atoms with Gasteiger partial charge in [-0.2, -0.15) is 0 Å². The van der Waals surface area contributed by atoms with Gasteiger partial charge in [-0.3, -0.25) is 14.9 Å². The second-order valence-electron chi connectivity index (χ2n) is 5.99. The van der Waals surface area contributed by atoms with Gasteiger partial charge >= 0.3 is 0 Å². The summed E-state index contributed by atoms with van der Waals surface area (Å²) in [7, 11) is 0. The number of nitrogens with zero attached hydrogens (tertiary/aromatic N) is 1. The van der Waals surface area contributed by atoms with Gasteiger partial charge in [0.1, 0.15) is 5.56 Å². The molecule has 0 fully saturated rings. The van der Waals surface area contributed by atoms with Gasteiger partial charge in [-0.25, -0.2) is 0 Å². The molecular formula is C14H18BrClN2O3. The fraction of sp³-hybridized carbons (Fsp3) is 0.500. The van der Waals surface area contributed by atoms with Crippen LogP contribution in [0.4, 0.5) is 5.69 Å². The van der Waals surface area contributed by atoms with Crippen molar-refractivity contribution >= 4 is 39.1 Å². The molecule has 0 aromatic heterocycles. The Morgan fingerprint density at radius 2 is 2.10 bits per heavy atom. The van der Waals surface area contributed by atoms with Gasteiger partial charge in [-0.1, -0.05) is 48.3 Å². The Labute approximate surface area is 137 Å². The third-order valence-electron chi connectivity index (χ3n) is 2.72. The monoisotopic (exact) mass is 376 g/mol. The number of hydrogen-bond donors (Lipinski definition) is 1. The molecule has 1 aromatic carbocycles. The zero-order valence-electron chi connectivity index (χ0n) is 12.2. The van der Waals surface area contributed by atoms with Crippen LogP contribution in [-0.2, 0) is 0 Å². The molecule has 0 heterocycles. The average molecular weight is 378 g/mol. The molecule has 21 heavy (non-hydrogen) atoms. The Bertz CT molecular complexity index is 544. The molecule has 0 aliphatic heterocycles. The maximum atomic E-state index is 12.1. The van der Waals surface area contributed by atoms with Crippen LogP contribution in [0.25, 0.3) is 0 Å². The van der Waals surface area contributed by atoms with E-state index in [-0.39, 0.29) is 26.5 Å². The highest BCUT2D eigenvalue weighted by atomic mass is 79.9. The summed E-state index contributed by atoms with van der Waals surface area (Å²) in [5, 5.41) is 13.9. The van der Waals surface area contributed by atoms with E-state index >= 15 is 0 Å². The van der Waals surface area contributed by atoms with Crippen LogP contribution in [0.1, 0.15) is 37.6 Å². The molecule has 0 spiro atoms. The zero-order valence-corrected chi connectivity index (χ0v) is 14.5. The van der Waals surface area contributed by atoms with Gasteiger partial charge in [-0.05, 0) is 24.0 Å². The Morgan fingerprint density at radius 1 is 1.48 bits per heavy atom. The van der Waals surface area contributed by atoms with E-state index in [0.717, 1.165) is 6.42 Å². The fourth-order valence-corrected chi connectivity index (χ4v) is 3.19. The first-order chi connectivity index (χ1) is 9.60. The lowest BCUT2D eigenvalue weighted by Gasteiger charge is -2.22. The number of halogens is 2. The van der Waals surface area contributed by atoms with Crippen LogP contribution in [-0.4, -0.2) is 22.2 Å². The summed E-state index contributed by atoms with van der Waals surface area (Å²) < 4.78 is 0. The molecule has 0 aliphatic rings. The van der Waals surface area contributed by atoms with Gasteiger partial charge in [-0.15, -0.1) is 0 Å². The number of nitro benzene ring substituents is 1. The molecule has 0 bridgehead atoms. The predicted molar refractivity (Wildman–Crippen MR) is 87.2 cm³/mol. The second kappa shape index (κ2) is 7.22. The summed E-state index contributed by atoms with van der Waals surface area (Å²) in [6, 6.07) is 3.93. The van der Waals surface area contributed by atoms with Crippen molar-refractivity contribution in [3.8, 4) is 0 Å². The van der Waals surface area contributed by atoms with Crippen molar-refractivity contribution in [3.63, 3.8) is 0 Å². The van der Waals surface area contributed by atoms with E-state index in [1.165, 1.54) is 18.2 Å². The highest BCUT2D eigenvalue weighted by molar-refractivity contribution is 9.09. The highest BCUT2D eigenvalue weighted by Crippen LogP contribution is 2.25. The van der Waals surface area contributed by atoms with Crippen LogP contribution in [0.5, 0.6) is 0 Å². The minimum Gasteiger partial charge on any atom is -0.351 e. The first kappa shape index (κ1) is 17.9. The van der Waals surface area contributed by atoms with Crippen LogP contribution < -0.4 is 5.32 Å². The topological polar surface area (TPSA) is 72.2 Å². The molecule has 1 unspecified atom stereocenters. The largest absolute Gasteiger partial charge is 0.351 e. The molecule has 116 valence electrons. The lowest BCUT2D eigenvalue weighted by atomic mass is 9.90. The standard InChI is InChI=1S/C14H18BrClN2O3/c1-14(2,3)7-9(15)8-17-13(19)11-6-10(16)4-5-12(11)18(20)21/h4-6,9H,7-8H2,1-3H3,(H,17,19). The number of rotatable bonds is 5. The lowest BCUT2D eigenvalue weighted by molar-refractivity contribution is -0.385. The molecule has 1 atom stereocenters. The molecule has 0 saturated carbocycles. The van der Waals surface area contributed by atoms with Crippen LogP contribution in [0.2, 0.25) is 5.02 Å². The minimum atomic E-state index is -0.591. The van der Waals surface area contributed by atoms with Gasteiger partial charge in [0.2, 0.25) is 0 Å². The van der Waals surface area contributed by atoms with Crippen molar-refractivity contribution < 1.29 is 9.72 Å². The number of benzene rings is 1. The molecule has 0 aliphatic carbocycles. The first-order valence-electron chi connectivity index (χ1n) is 6.46. The number of hydrogen-bond acceptors (Lipinski definition) is 3. The van der Waals surface area contributed by atoms with Gasteiger partial charge in [0.25, 0.3) is 11.6 Å². The molecule has 1 N–H and O–H groups in total. The molecule has 1 rings (SSSR count). The summed E-state index contributed by atoms with van der Waals surface area (Å²) in [4.78, 5) is 22.5. The number of alkyl halides is 1. The molecule has 0 saturated heterocycles. The number of carbonyl (C=O) groups is 1. The van der Waals surface area contributed by atoms with Gasteiger partial charge in [0, 0.05) is 22.5 Å². The van der Waals surface area contributed by atoms with Crippen molar-refractivity contribution in [3.05, 3.63) is 38.9 Å². The van der Waals surface area contributed by atoms with Crippen LogP contribution in [0, 0.1) is 15.5 Å². The van der Waals surface area contributed by atoms with E-state index in [1.54, 1.807) is 0 Å². The molecule has 7 heteroatoms. The smallest absolute Gasteiger partial charge is 0.282 e. The maximum Gasteiger partial charge on any atom is 0.282 e. The Kier molecular flexibility index (Phi) is 6.16. The highest BCUT2D eigenvalue weighted by Gasteiger charge is 2.22. The summed E-state index contributed by atoms with van der Waals surface area (Å²) >= 11 is 9.31. The second-order valence-corrected chi connectivity index (χ2v) is 7.72. The van der Waals surface area contributed by atoms with Crippen molar-refractivity contribution in [2.24, 2.45) is 5.41 Å². The molecule has 5 nitrogen and oxygen atoms in total. The summed E-state index contributed by atoms with van der Waals surface area (Å²) in [6.07, 6.45) is 0.866. The van der Waals surface area contributed by atoms with Crippen molar-refractivity contribution in [2.45, 2.75) is 32.0 Å². The van der Waals surface area contributed by atoms with Gasteiger partial charge in [0.15, 0.2) is 0 Å². The van der Waals surface area contributed by atoms with Gasteiger partial charge < -0.3 is 5.32 Å². The number of nitrogens with one attached hydrogen (secondary N) is 1. The molecule has 1 amide bonds. The SMILES string of the molecule is CC(C)(C)CC(Br)CNC(=O)c1cc(Cl)ccc1[N+](=O)[O-]. The third kappa shape index (κ3) is 6.01. The van der Waals surface area contributed by atoms with E-state index in [0.29, 0.717) is 6.54 Å².